The second kappa shape index (κ2) is 7.07. The largest absolute Gasteiger partial charge is 0.320 e. The van der Waals surface area contributed by atoms with Crippen molar-refractivity contribution in [3.8, 4) is 0 Å². The van der Waals surface area contributed by atoms with Gasteiger partial charge in [-0.05, 0) is 12.0 Å². The second-order valence-corrected chi connectivity index (χ2v) is 8.06. The molecule has 0 radical (unpaired) electrons. The Hall–Kier alpha value is -0.650. The van der Waals surface area contributed by atoms with E-state index in [4.69, 9.17) is 0 Å². The number of nitrogens with zero attached hydrogens (tertiary/aromatic N) is 1. The fourth-order valence-corrected chi connectivity index (χ4v) is 5.60. The first-order valence-electron chi connectivity index (χ1n) is 7.60. The van der Waals surface area contributed by atoms with Crippen molar-refractivity contribution in [3.05, 3.63) is 35.9 Å². The third-order valence-electron chi connectivity index (χ3n) is 4.06. The third-order valence-corrected chi connectivity index (χ3v) is 6.89. The van der Waals surface area contributed by atoms with E-state index in [1.165, 1.54) is 17.1 Å². The van der Waals surface area contributed by atoms with Gasteiger partial charge in [-0.1, -0.05) is 37.3 Å². The van der Waals surface area contributed by atoms with Crippen molar-refractivity contribution in [2.45, 2.75) is 30.8 Å². The Labute approximate surface area is 135 Å². The minimum atomic E-state index is -0.0311. The Morgan fingerprint density at radius 2 is 2.10 bits per heavy atom. The van der Waals surface area contributed by atoms with Crippen LogP contribution in [0.25, 0.3) is 0 Å². The van der Waals surface area contributed by atoms with Gasteiger partial charge in [-0.25, -0.2) is 0 Å². The van der Waals surface area contributed by atoms with Crippen LogP contribution in [0.5, 0.6) is 0 Å². The van der Waals surface area contributed by atoms with E-state index in [1.54, 1.807) is 0 Å². The van der Waals surface area contributed by atoms with Crippen LogP contribution >= 0.6 is 23.5 Å². The topological polar surface area (TPSA) is 32.3 Å². The van der Waals surface area contributed by atoms with E-state index in [2.05, 4.69) is 29.3 Å². The van der Waals surface area contributed by atoms with Gasteiger partial charge in [-0.3, -0.25) is 10.1 Å². The Bertz CT molecular complexity index is 476. The number of benzene rings is 1. The molecule has 1 aromatic carbocycles. The number of thioether (sulfide) groups is 2. The van der Waals surface area contributed by atoms with E-state index >= 15 is 0 Å². The zero-order valence-corrected chi connectivity index (χ0v) is 14.0. The SMILES string of the molecule is CCC1NC(c2ccccc2)N(CC2CSCCS2)C1=O. The number of rotatable bonds is 4. The maximum Gasteiger partial charge on any atom is 0.241 e. The van der Waals surface area contributed by atoms with Crippen molar-refractivity contribution in [2.24, 2.45) is 0 Å². The van der Waals surface area contributed by atoms with Crippen molar-refractivity contribution in [1.82, 2.24) is 10.2 Å². The Morgan fingerprint density at radius 3 is 2.76 bits per heavy atom. The summed E-state index contributed by atoms with van der Waals surface area (Å²) in [6, 6.07) is 10.3. The van der Waals surface area contributed by atoms with E-state index < -0.39 is 0 Å². The third kappa shape index (κ3) is 3.41. The molecule has 2 heterocycles. The quantitative estimate of drug-likeness (QED) is 0.924. The standard InChI is InChI=1S/C16H22N2OS2/c1-2-14-16(19)18(10-13-11-20-8-9-21-13)15(17-14)12-6-4-3-5-7-12/h3-7,13-15,17H,2,8-11H2,1H3. The van der Waals surface area contributed by atoms with Crippen molar-refractivity contribution < 1.29 is 4.79 Å². The summed E-state index contributed by atoms with van der Waals surface area (Å²) >= 11 is 4.03. The van der Waals surface area contributed by atoms with Crippen LogP contribution in [0, 0.1) is 0 Å². The van der Waals surface area contributed by atoms with Crippen LogP contribution in [0.3, 0.4) is 0 Å². The van der Waals surface area contributed by atoms with Gasteiger partial charge < -0.3 is 4.90 Å². The molecule has 1 aromatic rings. The van der Waals surface area contributed by atoms with Gasteiger partial charge >= 0.3 is 0 Å². The molecule has 3 nitrogen and oxygen atoms in total. The van der Waals surface area contributed by atoms with E-state index in [0.717, 1.165) is 18.7 Å². The molecule has 0 saturated carbocycles. The molecule has 3 atom stereocenters. The fourth-order valence-electron chi connectivity index (χ4n) is 2.94. The van der Waals surface area contributed by atoms with E-state index in [1.807, 2.05) is 41.7 Å². The van der Waals surface area contributed by atoms with E-state index in [9.17, 15) is 4.79 Å². The highest BCUT2D eigenvalue weighted by molar-refractivity contribution is 8.06. The van der Waals surface area contributed by atoms with Crippen molar-refractivity contribution in [3.63, 3.8) is 0 Å². The number of hydrogen-bond donors (Lipinski definition) is 1. The molecule has 2 saturated heterocycles. The van der Waals surface area contributed by atoms with Crippen molar-refractivity contribution in [1.29, 1.82) is 0 Å². The molecule has 1 amide bonds. The molecule has 2 fully saturated rings. The summed E-state index contributed by atoms with van der Waals surface area (Å²) in [5, 5.41) is 4.07. The van der Waals surface area contributed by atoms with Gasteiger partial charge in [-0.2, -0.15) is 23.5 Å². The fraction of sp³-hybridized carbons (Fsp3) is 0.562. The maximum atomic E-state index is 12.6. The average Bonchev–Trinajstić information content (AvgIpc) is 2.86. The van der Waals surface area contributed by atoms with Gasteiger partial charge in [0.25, 0.3) is 0 Å². The molecule has 0 aromatic heterocycles. The molecule has 0 bridgehead atoms. The predicted octanol–water partition coefficient (Wildman–Crippen LogP) is 2.74. The molecule has 5 heteroatoms. The van der Waals surface area contributed by atoms with Crippen LogP contribution in [-0.4, -0.2) is 45.9 Å². The molecule has 0 aliphatic carbocycles. The normalized spacial score (nSPS) is 29.9. The highest BCUT2D eigenvalue weighted by Gasteiger charge is 2.39. The van der Waals surface area contributed by atoms with Gasteiger partial charge in [0.2, 0.25) is 5.91 Å². The van der Waals surface area contributed by atoms with Crippen LogP contribution in [-0.2, 0) is 4.79 Å². The zero-order valence-electron chi connectivity index (χ0n) is 12.3. The number of nitrogens with one attached hydrogen (secondary N) is 1. The number of amides is 1. The first-order valence-corrected chi connectivity index (χ1v) is 9.80. The van der Waals surface area contributed by atoms with Crippen molar-refractivity contribution >= 4 is 29.4 Å². The van der Waals surface area contributed by atoms with Gasteiger partial charge in [0.05, 0.1) is 6.04 Å². The molecule has 0 spiro atoms. The van der Waals surface area contributed by atoms with Crippen LogP contribution in [0.1, 0.15) is 25.1 Å². The first kappa shape index (κ1) is 15.3. The molecule has 3 unspecified atom stereocenters. The van der Waals surface area contributed by atoms with Gasteiger partial charge in [0.15, 0.2) is 0 Å². The van der Waals surface area contributed by atoms with E-state index in [-0.39, 0.29) is 18.1 Å². The Morgan fingerprint density at radius 1 is 1.29 bits per heavy atom. The summed E-state index contributed by atoms with van der Waals surface area (Å²) in [4.78, 5) is 14.7. The Balaban J connectivity index is 1.77. The van der Waals surface area contributed by atoms with Gasteiger partial charge in [0.1, 0.15) is 6.17 Å². The van der Waals surface area contributed by atoms with Crippen molar-refractivity contribution in [2.75, 3.05) is 23.8 Å². The average molecular weight is 322 g/mol. The van der Waals surface area contributed by atoms with Gasteiger partial charge in [-0.15, -0.1) is 0 Å². The summed E-state index contributed by atoms with van der Waals surface area (Å²) in [5.74, 6) is 3.88. The number of carbonyl (C=O) groups excluding carboxylic acids is 1. The molecule has 2 aliphatic rings. The lowest BCUT2D eigenvalue weighted by atomic mass is 10.1. The maximum absolute atomic E-state index is 12.6. The summed E-state index contributed by atoms with van der Waals surface area (Å²) in [6.45, 7) is 2.94. The highest BCUT2D eigenvalue weighted by Crippen LogP contribution is 2.31. The van der Waals surface area contributed by atoms with Crippen LogP contribution in [0.15, 0.2) is 30.3 Å². The summed E-state index contributed by atoms with van der Waals surface area (Å²) in [7, 11) is 0. The monoisotopic (exact) mass is 322 g/mol. The lowest BCUT2D eigenvalue weighted by Crippen LogP contribution is -2.38. The van der Waals surface area contributed by atoms with Crippen LogP contribution < -0.4 is 5.32 Å². The minimum absolute atomic E-state index is 0.0311. The Kier molecular flexibility index (Phi) is 5.14. The predicted molar refractivity (Wildman–Crippen MR) is 91.7 cm³/mol. The van der Waals surface area contributed by atoms with E-state index in [0.29, 0.717) is 5.25 Å². The summed E-state index contributed by atoms with van der Waals surface area (Å²) in [6.07, 6.45) is 0.891. The minimum Gasteiger partial charge on any atom is -0.320 e. The highest BCUT2D eigenvalue weighted by atomic mass is 32.2. The molecular formula is C16H22N2OS2. The molecule has 2 aliphatic heterocycles. The summed E-state index contributed by atoms with van der Waals surface area (Å²) in [5.41, 5.74) is 1.19. The molecule has 3 rings (SSSR count). The number of carbonyl (C=O) groups is 1. The first-order chi connectivity index (χ1) is 10.3. The smallest absolute Gasteiger partial charge is 0.241 e. The van der Waals surface area contributed by atoms with Crippen LogP contribution in [0.2, 0.25) is 0 Å². The lowest BCUT2D eigenvalue weighted by molar-refractivity contribution is -0.130. The van der Waals surface area contributed by atoms with Gasteiger partial charge in [0, 0.05) is 29.1 Å². The molecule has 21 heavy (non-hydrogen) atoms. The van der Waals surface area contributed by atoms with Crippen LogP contribution in [0.4, 0.5) is 0 Å². The lowest BCUT2D eigenvalue weighted by Gasteiger charge is -2.30. The molecule has 114 valence electrons. The zero-order chi connectivity index (χ0) is 14.7. The molecular weight excluding hydrogens is 300 g/mol. The second-order valence-electron chi connectivity index (χ2n) is 5.50. The summed E-state index contributed by atoms with van der Waals surface area (Å²) < 4.78 is 0. The number of hydrogen-bond acceptors (Lipinski definition) is 4. The molecule has 1 N–H and O–H groups in total.